The third-order valence-corrected chi connectivity index (χ3v) is 5.03. The third kappa shape index (κ3) is 8.18. The second-order valence-corrected chi connectivity index (χ2v) is 7.46. The molecule has 1 aliphatic heterocycles. The molecule has 156 valence electrons. The van der Waals surface area contributed by atoms with Gasteiger partial charge >= 0.3 is 0 Å². The molecule has 0 radical (unpaired) electrons. The molecule has 0 saturated carbocycles. The van der Waals surface area contributed by atoms with Crippen LogP contribution in [-0.2, 0) is 9.59 Å². The summed E-state index contributed by atoms with van der Waals surface area (Å²) in [4.78, 5) is 30.7. The van der Waals surface area contributed by atoms with Gasteiger partial charge in [0.15, 0.2) is 5.96 Å². The second kappa shape index (κ2) is 12.6. The standard InChI is InChI=1S/C20H39N5O2/c1-6-16(7-2)19(27)25-13-9-17(10-14-25)24-20(21-8-3)23-12-11-22-18(26)15(4)5/h15-17H,6-14H2,1-5H3,(H,22,26)(H2,21,23,24). The van der Waals surface area contributed by atoms with E-state index in [1.807, 2.05) is 25.7 Å². The zero-order valence-electron chi connectivity index (χ0n) is 17.8. The van der Waals surface area contributed by atoms with E-state index in [9.17, 15) is 9.59 Å². The molecule has 1 fully saturated rings. The highest BCUT2D eigenvalue weighted by Gasteiger charge is 2.26. The number of aliphatic imine (C=N–C) groups is 1. The van der Waals surface area contributed by atoms with Crippen molar-refractivity contribution in [3.8, 4) is 0 Å². The number of nitrogens with one attached hydrogen (secondary N) is 3. The van der Waals surface area contributed by atoms with Gasteiger partial charge in [0.05, 0.1) is 6.54 Å². The number of hydrogen-bond donors (Lipinski definition) is 3. The zero-order chi connectivity index (χ0) is 20.2. The zero-order valence-corrected chi connectivity index (χ0v) is 17.8. The van der Waals surface area contributed by atoms with Crippen LogP contribution < -0.4 is 16.0 Å². The quantitative estimate of drug-likeness (QED) is 0.323. The van der Waals surface area contributed by atoms with Crippen LogP contribution in [0, 0.1) is 11.8 Å². The summed E-state index contributed by atoms with van der Waals surface area (Å²) >= 11 is 0. The van der Waals surface area contributed by atoms with Crippen LogP contribution in [0.4, 0.5) is 0 Å². The summed E-state index contributed by atoms with van der Waals surface area (Å²) in [7, 11) is 0. The SMILES string of the molecule is CCNC(=NCCNC(=O)C(C)C)NC1CCN(C(=O)C(CC)CC)CC1. The van der Waals surface area contributed by atoms with Crippen molar-refractivity contribution in [2.75, 3.05) is 32.7 Å². The molecule has 7 heteroatoms. The average molecular weight is 382 g/mol. The molecule has 0 aromatic carbocycles. The first-order chi connectivity index (χ1) is 12.9. The van der Waals surface area contributed by atoms with Gasteiger partial charge in [-0.3, -0.25) is 14.6 Å². The maximum atomic E-state index is 12.5. The van der Waals surface area contributed by atoms with Crippen LogP contribution in [0.5, 0.6) is 0 Å². The summed E-state index contributed by atoms with van der Waals surface area (Å²) in [5, 5.41) is 9.61. The molecule has 1 saturated heterocycles. The molecule has 0 aromatic heterocycles. The Morgan fingerprint density at radius 3 is 2.22 bits per heavy atom. The fraction of sp³-hybridized carbons (Fsp3) is 0.850. The van der Waals surface area contributed by atoms with E-state index in [0.29, 0.717) is 25.0 Å². The number of nitrogens with zero attached hydrogens (tertiary/aromatic N) is 2. The molecule has 0 aliphatic carbocycles. The first-order valence-corrected chi connectivity index (χ1v) is 10.5. The Balaban J connectivity index is 2.44. The van der Waals surface area contributed by atoms with Crippen molar-refractivity contribution in [1.82, 2.24) is 20.9 Å². The number of hydrogen-bond acceptors (Lipinski definition) is 3. The Bertz CT molecular complexity index is 481. The highest BCUT2D eigenvalue weighted by atomic mass is 16.2. The normalized spacial score (nSPS) is 16.0. The van der Waals surface area contributed by atoms with E-state index in [1.54, 1.807) is 0 Å². The smallest absolute Gasteiger partial charge is 0.225 e. The maximum Gasteiger partial charge on any atom is 0.225 e. The van der Waals surface area contributed by atoms with Gasteiger partial charge in [0.1, 0.15) is 0 Å². The molecular formula is C20H39N5O2. The fourth-order valence-electron chi connectivity index (χ4n) is 3.20. The molecule has 0 bridgehead atoms. The van der Waals surface area contributed by atoms with Gasteiger partial charge in [-0.05, 0) is 32.6 Å². The largest absolute Gasteiger partial charge is 0.357 e. The minimum Gasteiger partial charge on any atom is -0.357 e. The van der Waals surface area contributed by atoms with Gasteiger partial charge in [0.2, 0.25) is 11.8 Å². The Labute approximate surface area is 164 Å². The topological polar surface area (TPSA) is 85.8 Å². The summed E-state index contributed by atoms with van der Waals surface area (Å²) in [5.74, 6) is 1.29. The summed E-state index contributed by atoms with van der Waals surface area (Å²) in [5.41, 5.74) is 0. The highest BCUT2D eigenvalue weighted by molar-refractivity contribution is 5.81. The maximum absolute atomic E-state index is 12.5. The Hall–Kier alpha value is -1.79. The molecule has 3 N–H and O–H groups in total. The highest BCUT2D eigenvalue weighted by Crippen LogP contribution is 2.17. The molecular weight excluding hydrogens is 342 g/mol. The van der Waals surface area contributed by atoms with E-state index in [1.165, 1.54) is 0 Å². The van der Waals surface area contributed by atoms with Crippen molar-refractivity contribution in [2.24, 2.45) is 16.8 Å². The van der Waals surface area contributed by atoms with E-state index >= 15 is 0 Å². The number of likely N-dealkylation sites (tertiary alicyclic amines) is 1. The fourth-order valence-corrected chi connectivity index (χ4v) is 3.20. The number of carbonyl (C=O) groups is 2. The van der Waals surface area contributed by atoms with Crippen molar-refractivity contribution >= 4 is 17.8 Å². The average Bonchev–Trinajstić information content (AvgIpc) is 2.66. The van der Waals surface area contributed by atoms with E-state index in [0.717, 1.165) is 51.3 Å². The van der Waals surface area contributed by atoms with Gasteiger partial charge in [-0.25, -0.2) is 0 Å². The lowest BCUT2D eigenvalue weighted by Crippen LogP contribution is -2.50. The second-order valence-electron chi connectivity index (χ2n) is 7.46. The number of carbonyl (C=O) groups excluding carboxylic acids is 2. The minimum absolute atomic E-state index is 0.00625. The van der Waals surface area contributed by atoms with Crippen LogP contribution in [0.15, 0.2) is 4.99 Å². The number of amides is 2. The lowest BCUT2D eigenvalue weighted by Gasteiger charge is -2.34. The molecule has 7 nitrogen and oxygen atoms in total. The summed E-state index contributed by atoms with van der Waals surface area (Å²) in [6.45, 7) is 13.4. The Morgan fingerprint density at radius 1 is 1.07 bits per heavy atom. The van der Waals surface area contributed by atoms with Crippen molar-refractivity contribution in [1.29, 1.82) is 0 Å². The van der Waals surface area contributed by atoms with Gasteiger partial charge in [0, 0.05) is 44.1 Å². The van der Waals surface area contributed by atoms with Crippen LogP contribution in [0.2, 0.25) is 0 Å². The van der Waals surface area contributed by atoms with E-state index in [2.05, 4.69) is 34.8 Å². The van der Waals surface area contributed by atoms with E-state index in [4.69, 9.17) is 0 Å². The Kier molecular flexibility index (Phi) is 10.8. The molecule has 0 spiro atoms. The van der Waals surface area contributed by atoms with E-state index in [-0.39, 0.29) is 17.7 Å². The molecule has 0 atom stereocenters. The molecule has 27 heavy (non-hydrogen) atoms. The lowest BCUT2D eigenvalue weighted by atomic mass is 9.98. The number of piperidine rings is 1. The monoisotopic (exact) mass is 381 g/mol. The number of rotatable bonds is 9. The molecule has 1 aliphatic rings. The van der Waals surface area contributed by atoms with Gasteiger partial charge in [-0.2, -0.15) is 0 Å². The van der Waals surface area contributed by atoms with Crippen molar-refractivity contribution < 1.29 is 9.59 Å². The van der Waals surface area contributed by atoms with Gasteiger partial charge in [-0.1, -0.05) is 27.7 Å². The summed E-state index contributed by atoms with van der Waals surface area (Å²) in [6.07, 6.45) is 3.69. The van der Waals surface area contributed by atoms with Crippen LogP contribution in [0.1, 0.15) is 60.3 Å². The molecule has 0 aromatic rings. The molecule has 0 unspecified atom stereocenters. The van der Waals surface area contributed by atoms with Gasteiger partial charge in [-0.15, -0.1) is 0 Å². The first kappa shape index (κ1) is 23.2. The molecule has 1 rings (SSSR count). The Morgan fingerprint density at radius 2 is 1.70 bits per heavy atom. The van der Waals surface area contributed by atoms with Crippen LogP contribution in [0.3, 0.4) is 0 Å². The summed E-state index contributed by atoms with van der Waals surface area (Å²) < 4.78 is 0. The summed E-state index contributed by atoms with van der Waals surface area (Å²) in [6, 6.07) is 0.318. The third-order valence-electron chi connectivity index (χ3n) is 5.03. The van der Waals surface area contributed by atoms with Crippen molar-refractivity contribution in [3.63, 3.8) is 0 Å². The van der Waals surface area contributed by atoms with Crippen molar-refractivity contribution in [3.05, 3.63) is 0 Å². The molecule has 1 heterocycles. The minimum atomic E-state index is -0.00625. The van der Waals surface area contributed by atoms with Gasteiger partial charge < -0.3 is 20.9 Å². The van der Waals surface area contributed by atoms with Gasteiger partial charge in [0.25, 0.3) is 0 Å². The predicted molar refractivity (Wildman–Crippen MR) is 111 cm³/mol. The van der Waals surface area contributed by atoms with E-state index < -0.39 is 0 Å². The lowest BCUT2D eigenvalue weighted by molar-refractivity contribution is -0.136. The predicted octanol–water partition coefficient (Wildman–Crippen LogP) is 1.74. The van der Waals surface area contributed by atoms with Crippen LogP contribution in [0.25, 0.3) is 0 Å². The first-order valence-electron chi connectivity index (χ1n) is 10.5. The van der Waals surface area contributed by atoms with Crippen LogP contribution >= 0.6 is 0 Å². The van der Waals surface area contributed by atoms with Crippen LogP contribution in [-0.4, -0.2) is 61.4 Å². The van der Waals surface area contributed by atoms with Crippen molar-refractivity contribution in [2.45, 2.75) is 66.3 Å². The number of guanidine groups is 1. The molecule has 2 amide bonds.